The number of rotatable bonds is 2. The SMILES string of the molecule is COc1cc2nc(Cl)nc(N)c2c(I)c1OC. The maximum atomic E-state index is 5.84. The molecule has 1 heterocycles. The lowest BCUT2D eigenvalue weighted by Crippen LogP contribution is -2.00. The molecule has 0 amide bonds. The molecule has 0 aliphatic rings. The number of halogens is 2. The smallest absolute Gasteiger partial charge is 0.224 e. The Bertz CT molecular complexity index is 592. The summed E-state index contributed by atoms with van der Waals surface area (Å²) < 4.78 is 11.3. The van der Waals surface area contributed by atoms with Crippen molar-refractivity contribution in [1.29, 1.82) is 0 Å². The van der Waals surface area contributed by atoms with Crippen molar-refractivity contribution in [1.82, 2.24) is 9.97 Å². The van der Waals surface area contributed by atoms with Crippen LogP contribution in [0.3, 0.4) is 0 Å². The maximum Gasteiger partial charge on any atom is 0.224 e. The minimum absolute atomic E-state index is 0.109. The van der Waals surface area contributed by atoms with Gasteiger partial charge in [-0.15, -0.1) is 0 Å². The minimum atomic E-state index is 0.109. The predicted octanol–water partition coefficient (Wildman–Crippen LogP) is 2.49. The fourth-order valence-corrected chi connectivity index (χ4v) is 2.77. The van der Waals surface area contributed by atoms with Crippen molar-refractivity contribution in [2.75, 3.05) is 20.0 Å². The van der Waals surface area contributed by atoms with Gasteiger partial charge in [0.25, 0.3) is 0 Å². The van der Waals surface area contributed by atoms with E-state index < -0.39 is 0 Å². The van der Waals surface area contributed by atoms with Crippen LogP contribution < -0.4 is 15.2 Å². The number of hydrogen-bond donors (Lipinski definition) is 1. The molecule has 0 unspecified atom stereocenters. The van der Waals surface area contributed by atoms with E-state index in [1.165, 1.54) is 0 Å². The van der Waals surface area contributed by atoms with Crippen LogP contribution in [-0.4, -0.2) is 24.2 Å². The van der Waals surface area contributed by atoms with E-state index in [1.807, 2.05) is 0 Å². The Morgan fingerprint density at radius 2 is 2.00 bits per heavy atom. The van der Waals surface area contributed by atoms with Crippen molar-refractivity contribution in [3.8, 4) is 11.5 Å². The molecule has 5 nitrogen and oxygen atoms in total. The Balaban J connectivity index is 2.90. The van der Waals surface area contributed by atoms with Gasteiger partial charge in [-0.05, 0) is 34.2 Å². The summed E-state index contributed by atoms with van der Waals surface area (Å²) in [5.74, 6) is 1.52. The van der Waals surface area contributed by atoms with Crippen molar-refractivity contribution < 1.29 is 9.47 Å². The molecule has 2 aromatic rings. The average molecular weight is 366 g/mol. The Morgan fingerprint density at radius 1 is 1.29 bits per heavy atom. The van der Waals surface area contributed by atoms with Crippen molar-refractivity contribution in [3.63, 3.8) is 0 Å². The summed E-state index contributed by atoms with van der Waals surface area (Å²) in [6, 6.07) is 1.72. The van der Waals surface area contributed by atoms with E-state index in [9.17, 15) is 0 Å². The van der Waals surface area contributed by atoms with Crippen molar-refractivity contribution in [3.05, 3.63) is 14.9 Å². The summed E-state index contributed by atoms with van der Waals surface area (Å²) in [4.78, 5) is 8.04. The number of aromatic nitrogens is 2. The minimum Gasteiger partial charge on any atom is -0.493 e. The second-order valence-electron chi connectivity index (χ2n) is 3.20. The third-order valence-electron chi connectivity index (χ3n) is 2.27. The summed E-state index contributed by atoms with van der Waals surface area (Å²) in [5.41, 5.74) is 6.47. The van der Waals surface area contributed by atoms with Gasteiger partial charge in [0, 0.05) is 6.07 Å². The first-order valence-corrected chi connectivity index (χ1v) is 6.07. The summed E-state index contributed by atoms with van der Waals surface area (Å²) in [5, 5.41) is 0.825. The van der Waals surface area contributed by atoms with Gasteiger partial charge in [0.2, 0.25) is 5.28 Å². The van der Waals surface area contributed by atoms with Gasteiger partial charge in [-0.2, -0.15) is 0 Å². The van der Waals surface area contributed by atoms with Gasteiger partial charge in [0.05, 0.1) is 28.7 Å². The van der Waals surface area contributed by atoms with Crippen molar-refractivity contribution in [2.45, 2.75) is 0 Å². The van der Waals surface area contributed by atoms with Gasteiger partial charge in [-0.25, -0.2) is 9.97 Å². The van der Waals surface area contributed by atoms with Crippen LogP contribution in [-0.2, 0) is 0 Å². The van der Waals surface area contributed by atoms with Crippen LogP contribution in [0, 0.1) is 3.57 Å². The highest BCUT2D eigenvalue weighted by atomic mass is 127. The van der Waals surface area contributed by atoms with Crippen LogP contribution in [0.5, 0.6) is 11.5 Å². The highest BCUT2D eigenvalue weighted by molar-refractivity contribution is 14.1. The lowest BCUT2D eigenvalue weighted by atomic mass is 10.2. The Hall–Kier alpha value is -1.02. The number of benzene rings is 1. The quantitative estimate of drug-likeness (QED) is 0.654. The molecule has 2 N–H and O–H groups in total. The maximum absolute atomic E-state index is 5.84. The molecule has 0 atom stereocenters. The molecule has 0 aliphatic carbocycles. The van der Waals surface area contributed by atoms with Gasteiger partial charge in [-0.1, -0.05) is 0 Å². The molecular formula is C10H9ClIN3O2. The van der Waals surface area contributed by atoms with Gasteiger partial charge in [0.15, 0.2) is 11.5 Å². The highest BCUT2D eigenvalue weighted by Gasteiger charge is 2.17. The first-order valence-electron chi connectivity index (χ1n) is 4.61. The number of methoxy groups -OCH3 is 2. The van der Waals surface area contributed by atoms with E-state index in [-0.39, 0.29) is 5.28 Å². The molecule has 0 saturated heterocycles. The van der Waals surface area contributed by atoms with E-state index in [0.29, 0.717) is 28.2 Å². The fraction of sp³-hybridized carbons (Fsp3) is 0.200. The predicted molar refractivity (Wildman–Crippen MR) is 74.8 cm³/mol. The largest absolute Gasteiger partial charge is 0.493 e. The number of hydrogen-bond acceptors (Lipinski definition) is 5. The zero-order valence-electron chi connectivity index (χ0n) is 9.12. The van der Waals surface area contributed by atoms with Gasteiger partial charge in [-0.3, -0.25) is 0 Å². The molecular weight excluding hydrogens is 356 g/mol. The van der Waals surface area contributed by atoms with Gasteiger partial charge in [0.1, 0.15) is 5.82 Å². The molecule has 0 aliphatic heterocycles. The number of nitrogens with zero attached hydrogens (tertiary/aromatic N) is 2. The highest BCUT2D eigenvalue weighted by Crippen LogP contribution is 2.39. The molecule has 0 bridgehead atoms. The Labute approximate surface area is 116 Å². The number of ether oxygens (including phenoxy) is 2. The zero-order chi connectivity index (χ0) is 12.6. The van der Waals surface area contributed by atoms with E-state index in [2.05, 4.69) is 32.6 Å². The molecule has 0 spiro atoms. The molecule has 0 fully saturated rings. The van der Waals surface area contributed by atoms with Gasteiger partial charge >= 0.3 is 0 Å². The Morgan fingerprint density at radius 3 is 2.59 bits per heavy atom. The van der Waals surface area contributed by atoms with Crippen LogP contribution in [0.2, 0.25) is 5.28 Å². The normalized spacial score (nSPS) is 10.6. The molecule has 0 radical (unpaired) electrons. The van der Waals surface area contributed by atoms with Crippen LogP contribution in [0.15, 0.2) is 6.07 Å². The summed E-state index contributed by atoms with van der Waals surface area (Å²) in [6.07, 6.45) is 0. The van der Waals surface area contributed by atoms with Crippen LogP contribution in [0.4, 0.5) is 5.82 Å². The second kappa shape index (κ2) is 4.69. The van der Waals surface area contributed by atoms with E-state index in [0.717, 1.165) is 3.57 Å². The Kier molecular flexibility index (Phi) is 3.43. The molecule has 17 heavy (non-hydrogen) atoms. The summed E-state index contributed by atoms with van der Waals surface area (Å²) >= 11 is 7.89. The first kappa shape index (κ1) is 12.4. The number of nitrogens with two attached hydrogens (primary N) is 1. The lowest BCUT2D eigenvalue weighted by molar-refractivity contribution is 0.354. The fourth-order valence-electron chi connectivity index (χ4n) is 1.55. The second-order valence-corrected chi connectivity index (χ2v) is 4.61. The molecule has 1 aromatic carbocycles. The number of fused-ring (bicyclic) bond motifs is 1. The molecule has 7 heteroatoms. The molecule has 0 saturated carbocycles. The van der Waals surface area contributed by atoms with Gasteiger partial charge < -0.3 is 15.2 Å². The van der Waals surface area contributed by atoms with Crippen LogP contribution in [0.25, 0.3) is 10.9 Å². The topological polar surface area (TPSA) is 70.3 Å². The third kappa shape index (κ3) is 2.06. The van der Waals surface area contributed by atoms with Crippen molar-refractivity contribution >= 4 is 50.9 Å². The monoisotopic (exact) mass is 365 g/mol. The van der Waals surface area contributed by atoms with E-state index in [4.69, 9.17) is 26.8 Å². The summed E-state index contributed by atoms with van der Waals surface area (Å²) in [7, 11) is 3.13. The standard InChI is InChI=1S/C10H9ClIN3O2/c1-16-5-3-4-6(7(12)8(5)17-2)9(13)15-10(11)14-4/h3H,1-2H3,(H2,13,14,15). The molecule has 90 valence electrons. The van der Waals surface area contributed by atoms with E-state index in [1.54, 1.807) is 20.3 Å². The average Bonchev–Trinajstić information content (AvgIpc) is 2.27. The lowest BCUT2D eigenvalue weighted by Gasteiger charge is -2.12. The number of anilines is 1. The van der Waals surface area contributed by atoms with Crippen LogP contribution >= 0.6 is 34.2 Å². The first-order chi connectivity index (χ1) is 8.08. The molecule has 1 aromatic heterocycles. The van der Waals surface area contributed by atoms with Crippen LogP contribution in [0.1, 0.15) is 0 Å². The zero-order valence-corrected chi connectivity index (χ0v) is 12.0. The summed E-state index contributed by atoms with van der Waals surface area (Å²) in [6.45, 7) is 0. The molecule has 2 rings (SSSR count). The van der Waals surface area contributed by atoms with E-state index >= 15 is 0 Å². The third-order valence-corrected chi connectivity index (χ3v) is 3.47. The van der Waals surface area contributed by atoms with Crippen molar-refractivity contribution in [2.24, 2.45) is 0 Å². The number of nitrogen functional groups attached to an aromatic ring is 1.